The fourth-order valence-electron chi connectivity index (χ4n) is 2.06. The summed E-state index contributed by atoms with van der Waals surface area (Å²) in [5.74, 6) is 1.50. The molecule has 1 aliphatic rings. The highest BCUT2D eigenvalue weighted by molar-refractivity contribution is 7.98. The molecule has 2 aromatic rings. The molecule has 112 valence electrons. The summed E-state index contributed by atoms with van der Waals surface area (Å²) < 4.78 is 0. The van der Waals surface area contributed by atoms with Crippen LogP contribution in [-0.4, -0.2) is 11.0 Å². The summed E-state index contributed by atoms with van der Waals surface area (Å²) in [6.45, 7) is 5.40. The fraction of sp³-hybridized carbons (Fsp3) is 0.471. The molecule has 0 aliphatic heterocycles. The lowest BCUT2D eigenvalue weighted by Gasteiger charge is -2.05. The molecule has 0 atom stereocenters. The van der Waals surface area contributed by atoms with Crippen molar-refractivity contribution in [2.24, 2.45) is 0 Å². The number of thiazole rings is 1. The van der Waals surface area contributed by atoms with E-state index < -0.39 is 0 Å². The van der Waals surface area contributed by atoms with Gasteiger partial charge in [0.15, 0.2) is 0 Å². The van der Waals surface area contributed by atoms with E-state index in [-0.39, 0.29) is 0 Å². The van der Waals surface area contributed by atoms with Crippen LogP contribution in [0.3, 0.4) is 0 Å². The smallest absolute Gasteiger partial charge is 0.0954 e. The third kappa shape index (κ3) is 4.56. The maximum absolute atomic E-state index is 4.69. The highest BCUT2D eigenvalue weighted by Crippen LogP contribution is 2.26. The van der Waals surface area contributed by atoms with Crippen LogP contribution in [0.15, 0.2) is 34.5 Å². The van der Waals surface area contributed by atoms with Gasteiger partial charge >= 0.3 is 0 Å². The maximum atomic E-state index is 4.69. The summed E-state index contributed by atoms with van der Waals surface area (Å²) in [4.78, 5) is 6.01. The standard InChI is InChI=1S/C17H22N2S2/c1-12(2)17-19-15(11-21-17)10-20-16-7-3-13(4-8-16)9-18-14-5-6-14/h3-4,7-8,11-12,14,18H,5-6,9-10H2,1-2H3. The lowest BCUT2D eigenvalue weighted by Crippen LogP contribution is -2.14. The van der Waals surface area contributed by atoms with Crippen LogP contribution in [0, 0.1) is 0 Å². The van der Waals surface area contributed by atoms with Crippen molar-refractivity contribution in [1.29, 1.82) is 0 Å². The van der Waals surface area contributed by atoms with Crippen LogP contribution >= 0.6 is 23.1 Å². The van der Waals surface area contributed by atoms with Crippen molar-refractivity contribution in [3.63, 3.8) is 0 Å². The number of thioether (sulfide) groups is 1. The van der Waals surface area contributed by atoms with Crippen molar-refractivity contribution in [2.45, 2.75) is 55.8 Å². The summed E-state index contributed by atoms with van der Waals surface area (Å²) >= 11 is 3.65. The third-order valence-corrected chi connectivity index (χ3v) is 5.79. The zero-order valence-electron chi connectivity index (χ0n) is 12.6. The third-order valence-electron chi connectivity index (χ3n) is 3.55. The Labute approximate surface area is 135 Å². The van der Waals surface area contributed by atoms with Gasteiger partial charge in [0.1, 0.15) is 0 Å². The molecule has 0 bridgehead atoms. The summed E-state index contributed by atoms with van der Waals surface area (Å²) in [5, 5.41) is 6.98. The van der Waals surface area contributed by atoms with Gasteiger partial charge in [-0.1, -0.05) is 26.0 Å². The minimum Gasteiger partial charge on any atom is -0.310 e. The summed E-state index contributed by atoms with van der Waals surface area (Å²) in [5.41, 5.74) is 2.58. The normalized spacial score (nSPS) is 14.8. The van der Waals surface area contributed by atoms with Crippen molar-refractivity contribution in [3.8, 4) is 0 Å². The average molecular weight is 319 g/mol. The van der Waals surface area contributed by atoms with E-state index in [9.17, 15) is 0 Å². The second-order valence-corrected chi connectivity index (χ2v) is 7.86. The molecular formula is C17H22N2S2. The second-order valence-electron chi connectivity index (χ2n) is 5.92. The molecule has 0 unspecified atom stereocenters. The van der Waals surface area contributed by atoms with Crippen molar-refractivity contribution in [3.05, 3.63) is 45.9 Å². The van der Waals surface area contributed by atoms with E-state index in [0.29, 0.717) is 5.92 Å². The molecule has 0 spiro atoms. The monoisotopic (exact) mass is 318 g/mol. The Morgan fingerprint density at radius 1 is 1.29 bits per heavy atom. The number of nitrogens with one attached hydrogen (secondary N) is 1. The molecule has 1 fully saturated rings. The van der Waals surface area contributed by atoms with Gasteiger partial charge in [0.05, 0.1) is 10.7 Å². The van der Waals surface area contributed by atoms with Gasteiger partial charge in [0.25, 0.3) is 0 Å². The maximum Gasteiger partial charge on any atom is 0.0954 e. The number of benzene rings is 1. The van der Waals surface area contributed by atoms with Crippen LogP contribution in [0.5, 0.6) is 0 Å². The van der Waals surface area contributed by atoms with Crippen molar-refractivity contribution < 1.29 is 0 Å². The molecule has 4 heteroatoms. The SMILES string of the molecule is CC(C)c1nc(CSc2ccc(CNC3CC3)cc2)cs1. The van der Waals surface area contributed by atoms with E-state index >= 15 is 0 Å². The Kier molecular flexibility index (Phi) is 4.99. The van der Waals surface area contributed by atoms with Gasteiger partial charge in [-0.15, -0.1) is 23.1 Å². The quantitative estimate of drug-likeness (QED) is 0.742. The molecule has 0 amide bonds. The van der Waals surface area contributed by atoms with Gasteiger partial charge in [0, 0.05) is 34.5 Å². The lowest BCUT2D eigenvalue weighted by molar-refractivity contribution is 0.687. The van der Waals surface area contributed by atoms with E-state index in [1.165, 1.54) is 34.0 Å². The van der Waals surface area contributed by atoms with E-state index in [2.05, 4.69) is 53.8 Å². The molecule has 1 aromatic carbocycles. The Balaban J connectivity index is 1.49. The molecule has 1 aliphatic carbocycles. The molecule has 1 aromatic heterocycles. The van der Waals surface area contributed by atoms with Crippen LogP contribution in [0.25, 0.3) is 0 Å². The molecule has 2 nitrogen and oxygen atoms in total. The minimum absolute atomic E-state index is 0.534. The van der Waals surface area contributed by atoms with E-state index in [1.807, 2.05) is 11.8 Å². The first-order valence-corrected chi connectivity index (χ1v) is 9.46. The minimum atomic E-state index is 0.534. The number of aromatic nitrogens is 1. The molecule has 0 saturated heterocycles. The van der Waals surface area contributed by atoms with Crippen molar-refractivity contribution >= 4 is 23.1 Å². The van der Waals surface area contributed by atoms with Crippen molar-refractivity contribution in [1.82, 2.24) is 10.3 Å². The van der Waals surface area contributed by atoms with Crippen LogP contribution in [0.4, 0.5) is 0 Å². The molecule has 0 radical (unpaired) electrons. The summed E-state index contributed by atoms with van der Waals surface area (Å²) in [6.07, 6.45) is 2.69. The number of nitrogens with zero attached hydrogens (tertiary/aromatic N) is 1. The van der Waals surface area contributed by atoms with Gasteiger partial charge in [-0.2, -0.15) is 0 Å². The van der Waals surface area contributed by atoms with Gasteiger partial charge < -0.3 is 5.32 Å². The van der Waals surface area contributed by atoms with Gasteiger partial charge in [-0.05, 0) is 30.5 Å². The van der Waals surface area contributed by atoms with E-state index in [1.54, 1.807) is 11.3 Å². The van der Waals surface area contributed by atoms with Gasteiger partial charge in [0.2, 0.25) is 0 Å². The van der Waals surface area contributed by atoms with Gasteiger partial charge in [-0.3, -0.25) is 0 Å². The first-order chi connectivity index (χ1) is 10.2. The summed E-state index contributed by atoms with van der Waals surface area (Å²) in [7, 11) is 0. The van der Waals surface area contributed by atoms with E-state index in [0.717, 1.165) is 18.3 Å². The predicted octanol–water partition coefficient (Wildman–Crippen LogP) is 4.81. The Morgan fingerprint density at radius 3 is 2.67 bits per heavy atom. The predicted molar refractivity (Wildman–Crippen MR) is 92.1 cm³/mol. The Bertz CT molecular complexity index is 571. The lowest BCUT2D eigenvalue weighted by atomic mass is 10.2. The number of hydrogen-bond donors (Lipinski definition) is 1. The zero-order chi connectivity index (χ0) is 14.7. The zero-order valence-corrected chi connectivity index (χ0v) is 14.3. The second kappa shape index (κ2) is 6.95. The Hall–Kier alpha value is -0.840. The molecule has 21 heavy (non-hydrogen) atoms. The molecule has 3 rings (SSSR count). The highest BCUT2D eigenvalue weighted by atomic mass is 32.2. The average Bonchev–Trinajstić information content (AvgIpc) is 3.19. The first-order valence-electron chi connectivity index (χ1n) is 7.60. The fourth-order valence-corrected chi connectivity index (χ4v) is 3.80. The topological polar surface area (TPSA) is 24.9 Å². The largest absolute Gasteiger partial charge is 0.310 e. The van der Waals surface area contributed by atoms with Crippen LogP contribution < -0.4 is 5.32 Å². The highest BCUT2D eigenvalue weighted by Gasteiger charge is 2.19. The molecule has 1 saturated carbocycles. The number of hydrogen-bond acceptors (Lipinski definition) is 4. The summed E-state index contributed by atoms with van der Waals surface area (Å²) in [6, 6.07) is 9.70. The van der Waals surface area contributed by atoms with Crippen LogP contribution in [0.1, 0.15) is 48.9 Å². The number of rotatable bonds is 7. The molecule has 1 N–H and O–H groups in total. The van der Waals surface area contributed by atoms with Gasteiger partial charge in [-0.25, -0.2) is 4.98 Å². The first kappa shape index (κ1) is 15.1. The van der Waals surface area contributed by atoms with Crippen molar-refractivity contribution in [2.75, 3.05) is 0 Å². The van der Waals surface area contributed by atoms with Crippen LogP contribution in [-0.2, 0) is 12.3 Å². The molecule has 1 heterocycles. The molecular weight excluding hydrogens is 296 g/mol. The van der Waals surface area contributed by atoms with E-state index in [4.69, 9.17) is 0 Å². The van der Waals surface area contributed by atoms with Crippen LogP contribution in [0.2, 0.25) is 0 Å². The Morgan fingerprint density at radius 2 is 2.05 bits per heavy atom.